The summed E-state index contributed by atoms with van der Waals surface area (Å²) in [4.78, 5) is 21.7. The number of halogens is 2. The SMILES string of the molecule is CNCc1ccc([C@H](C)NC(=O)CCc2nc3cccnc3n2Cc2ccc(F)c(F)c2)cc1. The van der Waals surface area contributed by atoms with Crippen LogP contribution in [0.1, 0.15) is 41.9 Å². The fraction of sp³-hybridized carbons (Fsp3) is 0.269. The van der Waals surface area contributed by atoms with Crippen molar-refractivity contribution in [2.75, 3.05) is 7.05 Å². The highest BCUT2D eigenvalue weighted by molar-refractivity contribution is 5.77. The second kappa shape index (κ2) is 10.5. The van der Waals surface area contributed by atoms with Gasteiger partial charge < -0.3 is 15.2 Å². The first-order valence-corrected chi connectivity index (χ1v) is 11.2. The quantitative estimate of drug-likeness (QED) is 0.389. The number of hydrogen-bond donors (Lipinski definition) is 2. The van der Waals surface area contributed by atoms with Crippen LogP contribution < -0.4 is 10.6 Å². The third-order valence-electron chi connectivity index (χ3n) is 5.72. The van der Waals surface area contributed by atoms with E-state index in [0.717, 1.165) is 18.2 Å². The predicted octanol–water partition coefficient (Wildman–Crippen LogP) is 4.29. The highest BCUT2D eigenvalue weighted by Crippen LogP contribution is 2.19. The summed E-state index contributed by atoms with van der Waals surface area (Å²) < 4.78 is 28.9. The zero-order valence-electron chi connectivity index (χ0n) is 19.2. The molecule has 0 bridgehead atoms. The lowest BCUT2D eigenvalue weighted by Crippen LogP contribution is -2.27. The summed E-state index contributed by atoms with van der Waals surface area (Å²) in [7, 11) is 1.90. The minimum absolute atomic E-state index is 0.0915. The topological polar surface area (TPSA) is 71.8 Å². The molecule has 1 amide bonds. The Kier molecular flexibility index (Phi) is 7.27. The molecule has 2 aromatic carbocycles. The molecular weight excluding hydrogens is 436 g/mol. The summed E-state index contributed by atoms with van der Waals surface area (Å²) in [6.07, 6.45) is 2.29. The van der Waals surface area contributed by atoms with Crippen LogP contribution in [-0.2, 0) is 24.3 Å². The van der Waals surface area contributed by atoms with E-state index in [1.165, 1.54) is 17.7 Å². The average molecular weight is 464 g/mol. The molecule has 0 fully saturated rings. The number of imidazole rings is 1. The maximum Gasteiger partial charge on any atom is 0.220 e. The molecule has 0 aliphatic heterocycles. The first kappa shape index (κ1) is 23.5. The molecule has 0 unspecified atom stereocenters. The number of aromatic nitrogens is 3. The average Bonchev–Trinajstić information content (AvgIpc) is 3.18. The fourth-order valence-corrected chi connectivity index (χ4v) is 3.93. The van der Waals surface area contributed by atoms with Crippen LogP contribution in [-0.4, -0.2) is 27.5 Å². The van der Waals surface area contributed by atoms with E-state index < -0.39 is 11.6 Å². The number of amides is 1. The van der Waals surface area contributed by atoms with Crippen molar-refractivity contribution in [3.05, 3.63) is 94.9 Å². The largest absolute Gasteiger partial charge is 0.350 e. The van der Waals surface area contributed by atoms with Gasteiger partial charge in [0.2, 0.25) is 5.91 Å². The number of carbonyl (C=O) groups is 1. The van der Waals surface area contributed by atoms with Crippen LogP contribution in [0.5, 0.6) is 0 Å². The molecule has 0 aliphatic rings. The van der Waals surface area contributed by atoms with Gasteiger partial charge in [0.15, 0.2) is 17.3 Å². The zero-order valence-corrected chi connectivity index (χ0v) is 19.2. The summed E-state index contributed by atoms with van der Waals surface area (Å²) in [6.45, 7) is 3.02. The van der Waals surface area contributed by atoms with E-state index in [-0.39, 0.29) is 24.9 Å². The molecule has 8 heteroatoms. The van der Waals surface area contributed by atoms with Crippen molar-refractivity contribution < 1.29 is 13.6 Å². The van der Waals surface area contributed by atoms with Gasteiger partial charge in [-0.1, -0.05) is 30.3 Å². The van der Waals surface area contributed by atoms with Crippen LogP contribution in [0.3, 0.4) is 0 Å². The Hall–Kier alpha value is -3.65. The number of pyridine rings is 1. The first-order chi connectivity index (χ1) is 16.4. The molecule has 0 aliphatic carbocycles. The number of fused-ring (bicyclic) bond motifs is 1. The zero-order chi connectivity index (χ0) is 24.1. The summed E-state index contributed by atoms with van der Waals surface area (Å²) in [5.74, 6) is -1.22. The van der Waals surface area contributed by atoms with E-state index in [0.29, 0.717) is 29.0 Å². The molecule has 6 nitrogen and oxygen atoms in total. The molecule has 0 saturated carbocycles. The van der Waals surface area contributed by atoms with Crippen molar-refractivity contribution in [1.29, 1.82) is 0 Å². The van der Waals surface area contributed by atoms with Gasteiger partial charge in [-0.15, -0.1) is 0 Å². The van der Waals surface area contributed by atoms with Gasteiger partial charge in [-0.25, -0.2) is 18.7 Å². The summed E-state index contributed by atoms with van der Waals surface area (Å²) in [5.41, 5.74) is 4.12. The molecule has 0 radical (unpaired) electrons. The predicted molar refractivity (Wildman–Crippen MR) is 127 cm³/mol. The molecule has 4 aromatic rings. The first-order valence-electron chi connectivity index (χ1n) is 11.2. The van der Waals surface area contributed by atoms with E-state index in [4.69, 9.17) is 0 Å². The van der Waals surface area contributed by atoms with Crippen molar-refractivity contribution >= 4 is 17.1 Å². The maximum atomic E-state index is 13.7. The molecule has 1 atom stereocenters. The number of aryl methyl sites for hydroxylation is 1. The summed E-state index contributed by atoms with van der Waals surface area (Å²) in [6, 6.07) is 15.4. The second-order valence-electron chi connectivity index (χ2n) is 8.27. The summed E-state index contributed by atoms with van der Waals surface area (Å²) in [5, 5.41) is 6.15. The smallest absolute Gasteiger partial charge is 0.220 e. The molecule has 0 saturated heterocycles. The number of nitrogens with zero attached hydrogens (tertiary/aromatic N) is 3. The minimum Gasteiger partial charge on any atom is -0.350 e. The minimum atomic E-state index is -0.899. The van der Waals surface area contributed by atoms with Crippen LogP contribution in [0.2, 0.25) is 0 Å². The molecule has 176 valence electrons. The molecule has 0 spiro atoms. The van der Waals surface area contributed by atoms with Crippen molar-refractivity contribution in [3.8, 4) is 0 Å². The lowest BCUT2D eigenvalue weighted by atomic mass is 10.1. The van der Waals surface area contributed by atoms with E-state index in [9.17, 15) is 13.6 Å². The molecule has 2 aromatic heterocycles. The highest BCUT2D eigenvalue weighted by Gasteiger charge is 2.16. The van der Waals surface area contributed by atoms with E-state index in [1.807, 2.05) is 48.9 Å². The van der Waals surface area contributed by atoms with Crippen molar-refractivity contribution in [3.63, 3.8) is 0 Å². The Morgan fingerprint density at radius 2 is 1.82 bits per heavy atom. The monoisotopic (exact) mass is 463 g/mol. The van der Waals surface area contributed by atoms with E-state index >= 15 is 0 Å². The standard InChI is InChI=1S/C26H27F2N5O/c1-17(20-8-5-18(6-9-20)15-29-2)31-25(34)12-11-24-32-23-4-3-13-30-26(23)33(24)16-19-7-10-21(27)22(28)14-19/h3-10,13-14,17,29H,11-12,15-16H2,1-2H3,(H,31,34)/t17-/m0/s1. The van der Waals surface area contributed by atoms with Gasteiger partial charge in [-0.05, 0) is 54.9 Å². The van der Waals surface area contributed by atoms with Gasteiger partial charge in [0.1, 0.15) is 11.3 Å². The Morgan fingerprint density at radius 3 is 2.56 bits per heavy atom. The molecule has 2 N–H and O–H groups in total. The van der Waals surface area contributed by atoms with E-state index in [2.05, 4.69) is 20.6 Å². The third-order valence-corrected chi connectivity index (χ3v) is 5.72. The number of rotatable bonds is 9. The number of carbonyl (C=O) groups excluding carboxylic acids is 1. The number of hydrogen-bond acceptors (Lipinski definition) is 4. The van der Waals surface area contributed by atoms with Crippen LogP contribution in [0.4, 0.5) is 8.78 Å². The Labute approximate surface area is 197 Å². The van der Waals surface area contributed by atoms with Gasteiger partial charge in [-0.3, -0.25) is 4.79 Å². The van der Waals surface area contributed by atoms with E-state index in [1.54, 1.807) is 12.3 Å². The van der Waals surface area contributed by atoms with Crippen LogP contribution in [0.25, 0.3) is 11.2 Å². The summed E-state index contributed by atoms with van der Waals surface area (Å²) >= 11 is 0. The molecule has 34 heavy (non-hydrogen) atoms. The van der Waals surface area contributed by atoms with Crippen molar-refractivity contribution in [1.82, 2.24) is 25.2 Å². The third kappa shape index (κ3) is 5.46. The van der Waals surface area contributed by atoms with Crippen LogP contribution >= 0.6 is 0 Å². The Morgan fingerprint density at radius 1 is 1.06 bits per heavy atom. The van der Waals surface area contributed by atoms with Crippen LogP contribution in [0, 0.1) is 11.6 Å². The highest BCUT2D eigenvalue weighted by atomic mass is 19.2. The Balaban J connectivity index is 1.45. The maximum absolute atomic E-state index is 13.7. The van der Waals surface area contributed by atoms with Gasteiger partial charge in [0.05, 0.1) is 12.6 Å². The van der Waals surface area contributed by atoms with Crippen molar-refractivity contribution in [2.45, 2.75) is 38.9 Å². The lowest BCUT2D eigenvalue weighted by Gasteiger charge is -2.15. The lowest BCUT2D eigenvalue weighted by molar-refractivity contribution is -0.121. The van der Waals surface area contributed by atoms with Gasteiger partial charge >= 0.3 is 0 Å². The molecule has 2 heterocycles. The Bertz CT molecular complexity index is 1290. The fourth-order valence-electron chi connectivity index (χ4n) is 3.93. The number of benzene rings is 2. The van der Waals surface area contributed by atoms with Crippen LogP contribution in [0.15, 0.2) is 60.8 Å². The normalized spacial score (nSPS) is 12.1. The van der Waals surface area contributed by atoms with Gasteiger partial charge in [0, 0.05) is 25.6 Å². The number of nitrogens with one attached hydrogen (secondary N) is 2. The van der Waals surface area contributed by atoms with Crippen molar-refractivity contribution in [2.24, 2.45) is 0 Å². The van der Waals surface area contributed by atoms with Gasteiger partial charge in [-0.2, -0.15) is 0 Å². The second-order valence-corrected chi connectivity index (χ2v) is 8.27. The van der Waals surface area contributed by atoms with Gasteiger partial charge in [0.25, 0.3) is 0 Å². The molecule has 4 rings (SSSR count). The molecular formula is C26H27F2N5O.